The summed E-state index contributed by atoms with van der Waals surface area (Å²) >= 11 is 5.10. The number of aromatic nitrogens is 2. The van der Waals surface area contributed by atoms with Crippen LogP contribution < -0.4 is 5.73 Å². The fraction of sp³-hybridized carbons (Fsp3) is 0.0714. The lowest BCUT2D eigenvalue weighted by Crippen LogP contribution is -1.89. The summed E-state index contributed by atoms with van der Waals surface area (Å²) in [6, 6.07) is 8.40. The lowest BCUT2D eigenvalue weighted by Gasteiger charge is -2.03. The topological polar surface area (TPSA) is 54.7 Å². The molecule has 0 spiro atoms. The molecule has 102 valence electrons. The number of hydrogen-bond donors (Lipinski definition) is 2. The molecule has 2 heterocycles. The minimum absolute atomic E-state index is 0.294. The Morgan fingerprint density at radius 2 is 2.15 bits per heavy atom. The lowest BCUT2D eigenvalue weighted by atomic mass is 10.0. The highest BCUT2D eigenvalue weighted by Gasteiger charge is 2.17. The van der Waals surface area contributed by atoms with Crippen LogP contribution in [0.4, 0.5) is 10.2 Å². The van der Waals surface area contributed by atoms with Crippen LogP contribution in [0.3, 0.4) is 0 Å². The van der Waals surface area contributed by atoms with Crippen LogP contribution in [-0.2, 0) is 0 Å². The van der Waals surface area contributed by atoms with E-state index in [2.05, 4.69) is 26.1 Å². The largest absolute Gasteiger partial charge is 0.382 e. The highest BCUT2D eigenvalue weighted by molar-refractivity contribution is 9.11. The molecule has 0 fully saturated rings. The molecule has 0 radical (unpaired) electrons. The van der Waals surface area contributed by atoms with Crippen LogP contribution in [0.1, 0.15) is 5.56 Å². The summed E-state index contributed by atoms with van der Waals surface area (Å²) in [4.78, 5) is 1.01. The molecule has 0 amide bonds. The second-order valence-corrected chi connectivity index (χ2v) is 6.81. The number of hydrogen-bond acceptors (Lipinski definition) is 3. The van der Waals surface area contributed by atoms with Gasteiger partial charge in [0.2, 0.25) is 0 Å². The van der Waals surface area contributed by atoms with Gasteiger partial charge in [-0.05, 0) is 52.2 Å². The molecule has 0 aliphatic rings. The van der Waals surface area contributed by atoms with Crippen molar-refractivity contribution in [3.63, 3.8) is 0 Å². The van der Waals surface area contributed by atoms with E-state index in [1.165, 1.54) is 12.1 Å². The van der Waals surface area contributed by atoms with Crippen molar-refractivity contribution in [1.29, 1.82) is 0 Å². The summed E-state index contributed by atoms with van der Waals surface area (Å²) in [7, 11) is 0. The van der Waals surface area contributed by atoms with Crippen molar-refractivity contribution in [2.45, 2.75) is 6.92 Å². The van der Waals surface area contributed by atoms with E-state index in [1.807, 2.05) is 19.1 Å². The van der Waals surface area contributed by atoms with Crippen molar-refractivity contribution in [2.24, 2.45) is 0 Å². The smallest absolute Gasteiger partial charge is 0.153 e. The number of H-pyrrole nitrogens is 1. The number of benzene rings is 1. The maximum Gasteiger partial charge on any atom is 0.153 e. The number of thiophene rings is 1. The molecule has 0 atom stereocenters. The van der Waals surface area contributed by atoms with Crippen LogP contribution in [0.2, 0.25) is 0 Å². The number of aryl methyl sites for hydroxylation is 1. The molecular formula is C14H11BrFN3S. The van der Waals surface area contributed by atoms with Crippen molar-refractivity contribution >= 4 is 33.1 Å². The third-order valence-corrected chi connectivity index (χ3v) is 5.17. The molecule has 2 aromatic heterocycles. The molecule has 0 aliphatic heterocycles. The first-order valence-corrected chi connectivity index (χ1v) is 7.53. The van der Waals surface area contributed by atoms with Crippen molar-refractivity contribution in [3.8, 4) is 21.7 Å². The monoisotopic (exact) mass is 351 g/mol. The number of nitrogen functional groups attached to an aromatic ring is 1. The first kappa shape index (κ1) is 13.3. The number of aromatic amines is 1. The summed E-state index contributed by atoms with van der Waals surface area (Å²) in [5.74, 6) is 0.0744. The molecular weight excluding hydrogens is 341 g/mol. The Kier molecular flexibility index (Phi) is 3.35. The summed E-state index contributed by atoms with van der Waals surface area (Å²) in [6.45, 7) is 2.02. The molecule has 3 nitrogen and oxygen atoms in total. The van der Waals surface area contributed by atoms with Crippen LogP contribution in [0, 0.1) is 12.7 Å². The summed E-state index contributed by atoms with van der Waals surface area (Å²) in [5.41, 5.74) is 9.34. The van der Waals surface area contributed by atoms with Crippen molar-refractivity contribution < 1.29 is 4.39 Å². The number of rotatable bonds is 2. The molecule has 20 heavy (non-hydrogen) atoms. The Morgan fingerprint density at radius 3 is 2.80 bits per heavy atom. The van der Waals surface area contributed by atoms with E-state index < -0.39 is 0 Å². The van der Waals surface area contributed by atoms with Gasteiger partial charge in [0.25, 0.3) is 0 Å². The quantitative estimate of drug-likeness (QED) is 0.708. The Morgan fingerprint density at radius 1 is 1.35 bits per heavy atom. The van der Waals surface area contributed by atoms with Crippen molar-refractivity contribution in [1.82, 2.24) is 10.2 Å². The first-order valence-electron chi connectivity index (χ1n) is 5.92. The normalized spacial score (nSPS) is 10.9. The highest BCUT2D eigenvalue weighted by atomic mass is 79.9. The fourth-order valence-corrected chi connectivity index (χ4v) is 3.59. The lowest BCUT2D eigenvalue weighted by molar-refractivity contribution is 0.628. The van der Waals surface area contributed by atoms with Gasteiger partial charge < -0.3 is 5.73 Å². The second kappa shape index (κ2) is 5.03. The van der Waals surface area contributed by atoms with Gasteiger partial charge in [0.15, 0.2) is 5.82 Å². The Balaban J connectivity index is 2.19. The Bertz CT molecular complexity index is 759. The van der Waals surface area contributed by atoms with Gasteiger partial charge in [0.1, 0.15) is 5.82 Å². The Labute approximate surface area is 127 Å². The number of nitrogens with one attached hydrogen (secondary N) is 1. The third-order valence-electron chi connectivity index (χ3n) is 3.01. The van der Waals surface area contributed by atoms with Crippen LogP contribution in [0.15, 0.2) is 34.1 Å². The Hall–Kier alpha value is -1.66. The molecule has 0 aliphatic carbocycles. The molecule has 3 N–H and O–H groups in total. The number of nitrogens with two attached hydrogens (primary N) is 1. The van der Waals surface area contributed by atoms with Gasteiger partial charge >= 0.3 is 0 Å². The van der Waals surface area contributed by atoms with Gasteiger partial charge in [-0.2, -0.15) is 5.10 Å². The zero-order valence-corrected chi connectivity index (χ0v) is 13.0. The molecule has 3 rings (SSSR count). The summed E-state index contributed by atoms with van der Waals surface area (Å²) in [5, 5.41) is 7.00. The van der Waals surface area contributed by atoms with Crippen LogP contribution in [0.5, 0.6) is 0 Å². The van der Waals surface area contributed by atoms with E-state index >= 15 is 0 Å². The zero-order chi connectivity index (χ0) is 14.3. The molecule has 0 saturated carbocycles. The minimum atomic E-state index is -0.294. The molecule has 0 saturated heterocycles. The maximum absolute atomic E-state index is 13.4. The molecule has 0 bridgehead atoms. The zero-order valence-electron chi connectivity index (χ0n) is 10.6. The van der Waals surface area contributed by atoms with E-state index in [0.717, 1.165) is 25.5 Å². The maximum atomic E-state index is 13.4. The predicted molar refractivity (Wildman–Crippen MR) is 84.1 cm³/mol. The average Bonchev–Trinajstić information content (AvgIpc) is 2.93. The van der Waals surface area contributed by atoms with E-state index in [9.17, 15) is 4.39 Å². The van der Waals surface area contributed by atoms with Gasteiger partial charge in [-0.1, -0.05) is 12.1 Å². The van der Waals surface area contributed by atoms with E-state index in [0.29, 0.717) is 11.4 Å². The SMILES string of the molecule is Cc1cc(-c2[nH]nc(N)c2-c2cccc(F)c2)sc1Br. The first-order chi connectivity index (χ1) is 9.56. The van der Waals surface area contributed by atoms with E-state index in [4.69, 9.17) is 5.73 Å². The molecule has 3 aromatic rings. The van der Waals surface area contributed by atoms with Crippen molar-refractivity contribution in [2.75, 3.05) is 5.73 Å². The van der Waals surface area contributed by atoms with Crippen LogP contribution in [-0.4, -0.2) is 10.2 Å². The van der Waals surface area contributed by atoms with Gasteiger partial charge in [0.05, 0.1) is 19.9 Å². The second-order valence-electron chi connectivity index (χ2n) is 4.44. The van der Waals surface area contributed by atoms with Gasteiger partial charge in [-0.15, -0.1) is 11.3 Å². The number of anilines is 1. The standard InChI is InChI=1S/C14H11BrFN3S/c1-7-5-10(20-13(7)15)12-11(14(17)19-18-12)8-3-2-4-9(16)6-8/h2-6H,1H3,(H3,17,18,19). The highest BCUT2D eigenvalue weighted by Crippen LogP contribution is 2.40. The molecule has 1 aromatic carbocycles. The van der Waals surface area contributed by atoms with E-state index in [-0.39, 0.29) is 5.82 Å². The van der Waals surface area contributed by atoms with Gasteiger partial charge in [-0.25, -0.2) is 4.39 Å². The summed E-state index contributed by atoms with van der Waals surface area (Å²) in [6.07, 6.45) is 0. The average molecular weight is 352 g/mol. The number of nitrogens with zero attached hydrogens (tertiary/aromatic N) is 1. The number of halogens is 2. The van der Waals surface area contributed by atoms with Crippen molar-refractivity contribution in [3.05, 3.63) is 45.5 Å². The molecule has 0 unspecified atom stereocenters. The summed E-state index contributed by atoms with van der Waals surface area (Å²) < 4.78 is 14.5. The van der Waals surface area contributed by atoms with Crippen LogP contribution in [0.25, 0.3) is 21.7 Å². The minimum Gasteiger partial charge on any atom is -0.382 e. The molecule has 6 heteroatoms. The predicted octanol–water partition coefficient (Wildman–Crippen LogP) is 4.60. The van der Waals surface area contributed by atoms with Gasteiger partial charge in [0, 0.05) is 0 Å². The fourth-order valence-electron chi connectivity index (χ4n) is 2.05. The van der Waals surface area contributed by atoms with Crippen LogP contribution >= 0.6 is 27.3 Å². The third kappa shape index (κ3) is 2.25. The van der Waals surface area contributed by atoms with Gasteiger partial charge in [-0.3, -0.25) is 5.10 Å². The van der Waals surface area contributed by atoms with E-state index in [1.54, 1.807) is 17.4 Å².